The van der Waals surface area contributed by atoms with Crippen LogP contribution in [0.3, 0.4) is 0 Å². The van der Waals surface area contributed by atoms with Crippen molar-refractivity contribution in [3.8, 4) is 0 Å². The highest BCUT2D eigenvalue weighted by molar-refractivity contribution is 9.10. The molecule has 0 N–H and O–H groups in total. The highest BCUT2D eigenvalue weighted by Crippen LogP contribution is 2.28. The number of carbonyl (C=O) groups is 1. The van der Waals surface area contributed by atoms with Crippen LogP contribution in [0.15, 0.2) is 22.7 Å². The van der Waals surface area contributed by atoms with E-state index in [0.29, 0.717) is 10.9 Å². The van der Waals surface area contributed by atoms with Gasteiger partial charge >= 0.3 is 0 Å². The van der Waals surface area contributed by atoms with Gasteiger partial charge in [0.2, 0.25) is 0 Å². The first-order chi connectivity index (χ1) is 7.66. The number of thioether (sulfide) groups is 1. The highest BCUT2D eigenvalue weighted by atomic mass is 79.9. The zero-order valence-electron chi connectivity index (χ0n) is 8.71. The van der Waals surface area contributed by atoms with Crippen molar-refractivity contribution in [2.24, 2.45) is 0 Å². The normalized spacial score (nSPS) is 20.0. The Bertz CT molecular complexity index is 402. The average molecular weight is 303 g/mol. The summed E-state index contributed by atoms with van der Waals surface area (Å²) >= 11 is 4.87. The molecule has 0 aromatic heterocycles. The maximum Gasteiger partial charge on any atom is 0.150 e. The predicted octanol–water partition coefficient (Wildman–Crippen LogP) is 3.60. The molecular formula is C12H12BrFOS. The Balaban J connectivity index is 2.02. The smallest absolute Gasteiger partial charge is 0.150 e. The Labute approximate surface area is 107 Å². The third kappa shape index (κ3) is 2.86. The Morgan fingerprint density at radius 2 is 2.38 bits per heavy atom. The summed E-state index contributed by atoms with van der Waals surface area (Å²) in [6.45, 7) is 0. The molecule has 1 aromatic rings. The summed E-state index contributed by atoms with van der Waals surface area (Å²) in [7, 11) is 0. The Kier molecular flexibility index (Phi) is 4.03. The third-order valence-electron chi connectivity index (χ3n) is 2.65. The van der Waals surface area contributed by atoms with Crippen LogP contribution in [0, 0.1) is 5.82 Å². The van der Waals surface area contributed by atoms with Gasteiger partial charge in [0.15, 0.2) is 0 Å². The highest BCUT2D eigenvalue weighted by Gasteiger charge is 2.23. The lowest BCUT2D eigenvalue weighted by molar-refractivity contribution is -0.117. The van der Waals surface area contributed by atoms with E-state index in [-0.39, 0.29) is 16.9 Å². The summed E-state index contributed by atoms with van der Waals surface area (Å²) in [5.41, 5.74) is 0.880. The SMILES string of the molecule is O=C(Cc1ccc(F)c(Br)c1)C1CCCS1. The van der Waals surface area contributed by atoms with Crippen LogP contribution < -0.4 is 0 Å². The number of ketones is 1. The molecule has 1 atom stereocenters. The minimum atomic E-state index is -0.286. The number of halogens is 2. The molecule has 1 unspecified atom stereocenters. The van der Waals surface area contributed by atoms with Crippen LogP contribution in [0.5, 0.6) is 0 Å². The fraction of sp³-hybridized carbons (Fsp3) is 0.417. The molecule has 1 heterocycles. The summed E-state index contributed by atoms with van der Waals surface area (Å²) in [6.07, 6.45) is 2.54. The molecular weight excluding hydrogens is 291 g/mol. The first-order valence-electron chi connectivity index (χ1n) is 5.25. The molecule has 2 rings (SSSR count). The summed E-state index contributed by atoms with van der Waals surface area (Å²) in [6, 6.07) is 4.76. The van der Waals surface area contributed by atoms with Crippen molar-refractivity contribution >= 4 is 33.5 Å². The molecule has 1 aliphatic rings. The predicted molar refractivity (Wildman–Crippen MR) is 68.3 cm³/mol. The zero-order chi connectivity index (χ0) is 11.5. The molecule has 4 heteroatoms. The molecule has 0 aliphatic carbocycles. The van der Waals surface area contributed by atoms with E-state index in [1.54, 1.807) is 23.9 Å². The van der Waals surface area contributed by atoms with Crippen LogP contribution >= 0.6 is 27.7 Å². The van der Waals surface area contributed by atoms with Crippen molar-refractivity contribution in [2.75, 3.05) is 5.75 Å². The molecule has 0 spiro atoms. The van der Waals surface area contributed by atoms with Crippen molar-refractivity contribution < 1.29 is 9.18 Å². The van der Waals surface area contributed by atoms with E-state index in [4.69, 9.17) is 0 Å². The van der Waals surface area contributed by atoms with Crippen molar-refractivity contribution in [1.82, 2.24) is 0 Å². The molecule has 1 fully saturated rings. The van der Waals surface area contributed by atoms with E-state index in [9.17, 15) is 9.18 Å². The van der Waals surface area contributed by atoms with Gasteiger partial charge in [0.1, 0.15) is 11.6 Å². The monoisotopic (exact) mass is 302 g/mol. The summed E-state index contributed by atoms with van der Waals surface area (Å²) in [5.74, 6) is 1.07. The molecule has 0 saturated carbocycles. The molecule has 1 nitrogen and oxygen atoms in total. The second-order valence-electron chi connectivity index (χ2n) is 3.89. The Hall–Kier alpha value is -0.350. The molecule has 86 valence electrons. The van der Waals surface area contributed by atoms with Crippen LogP contribution in [0.4, 0.5) is 4.39 Å². The van der Waals surface area contributed by atoms with Gasteiger partial charge in [-0.15, -0.1) is 0 Å². The van der Waals surface area contributed by atoms with E-state index in [2.05, 4.69) is 15.9 Å². The van der Waals surface area contributed by atoms with Crippen molar-refractivity contribution in [3.63, 3.8) is 0 Å². The minimum Gasteiger partial charge on any atom is -0.298 e. The fourth-order valence-corrected chi connectivity index (χ4v) is 3.44. The average Bonchev–Trinajstić information content (AvgIpc) is 2.77. The van der Waals surface area contributed by atoms with Gasteiger partial charge in [-0.2, -0.15) is 11.8 Å². The Morgan fingerprint density at radius 3 is 3.00 bits per heavy atom. The van der Waals surface area contributed by atoms with E-state index in [1.807, 2.05) is 0 Å². The van der Waals surface area contributed by atoms with Gasteiger partial charge in [-0.3, -0.25) is 4.79 Å². The zero-order valence-corrected chi connectivity index (χ0v) is 11.1. The van der Waals surface area contributed by atoms with Gasteiger partial charge in [0, 0.05) is 6.42 Å². The van der Waals surface area contributed by atoms with Crippen molar-refractivity contribution in [3.05, 3.63) is 34.1 Å². The summed E-state index contributed by atoms with van der Waals surface area (Å²) < 4.78 is 13.4. The van der Waals surface area contributed by atoms with Crippen LogP contribution in [0.25, 0.3) is 0 Å². The maximum absolute atomic E-state index is 13.0. The number of hydrogen-bond donors (Lipinski definition) is 0. The molecule has 1 aromatic carbocycles. The number of benzene rings is 1. The van der Waals surface area contributed by atoms with E-state index in [0.717, 1.165) is 24.2 Å². The minimum absolute atomic E-state index is 0.156. The second-order valence-corrected chi connectivity index (χ2v) is 6.06. The lowest BCUT2D eigenvalue weighted by atomic mass is 10.0. The molecule has 1 aliphatic heterocycles. The maximum atomic E-state index is 13.0. The quantitative estimate of drug-likeness (QED) is 0.849. The van der Waals surface area contributed by atoms with E-state index >= 15 is 0 Å². The van der Waals surface area contributed by atoms with Gasteiger partial charge < -0.3 is 0 Å². The molecule has 16 heavy (non-hydrogen) atoms. The van der Waals surface area contributed by atoms with Crippen LogP contribution in [-0.4, -0.2) is 16.8 Å². The van der Waals surface area contributed by atoms with Gasteiger partial charge in [-0.05, 0) is 52.2 Å². The van der Waals surface area contributed by atoms with Crippen molar-refractivity contribution in [1.29, 1.82) is 0 Å². The molecule has 0 bridgehead atoms. The summed E-state index contributed by atoms with van der Waals surface area (Å²) in [4.78, 5) is 11.9. The number of hydrogen-bond acceptors (Lipinski definition) is 2. The second kappa shape index (κ2) is 5.32. The third-order valence-corrected chi connectivity index (χ3v) is 4.68. The van der Waals surface area contributed by atoms with Gasteiger partial charge in [0.05, 0.1) is 9.72 Å². The van der Waals surface area contributed by atoms with Gasteiger partial charge in [-0.25, -0.2) is 4.39 Å². The fourth-order valence-electron chi connectivity index (χ4n) is 1.80. The molecule has 0 amide bonds. The Morgan fingerprint density at radius 1 is 1.56 bits per heavy atom. The lowest BCUT2D eigenvalue weighted by Gasteiger charge is -2.07. The largest absolute Gasteiger partial charge is 0.298 e. The number of Topliss-reactive ketones (excluding diaryl/α,β-unsaturated/α-hetero) is 1. The van der Waals surface area contributed by atoms with Crippen LogP contribution in [-0.2, 0) is 11.2 Å². The van der Waals surface area contributed by atoms with E-state index in [1.165, 1.54) is 6.07 Å². The van der Waals surface area contributed by atoms with Gasteiger partial charge in [0.25, 0.3) is 0 Å². The lowest BCUT2D eigenvalue weighted by Crippen LogP contribution is -2.16. The van der Waals surface area contributed by atoms with Crippen LogP contribution in [0.1, 0.15) is 18.4 Å². The van der Waals surface area contributed by atoms with Crippen LogP contribution in [0.2, 0.25) is 0 Å². The number of rotatable bonds is 3. The molecule has 1 saturated heterocycles. The van der Waals surface area contributed by atoms with Crippen molar-refractivity contribution in [2.45, 2.75) is 24.5 Å². The first-order valence-corrected chi connectivity index (χ1v) is 7.09. The number of carbonyl (C=O) groups excluding carboxylic acids is 1. The van der Waals surface area contributed by atoms with E-state index < -0.39 is 0 Å². The standard InChI is InChI=1S/C12H12BrFOS/c13-9-6-8(3-4-10(9)14)7-11(15)12-2-1-5-16-12/h3-4,6,12H,1-2,5,7H2. The topological polar surface area (TPSA) is 17.1 Å². The first kappa shape index (κ1) is 12.1. The summed E-state index contributed by atoms with van der Waals surface area (Å²) in [5, 5.41) is 0.156. The van der Waals surface area contributed by atoms with Gasteiger partial charge in [-0.1, -0.05) is 6.07 Å². The molecule has 0 radical (unpaired) electrons.